The van der Waals surface area contributed by atoms with Crippen molar-refractivity contribution in [1.29, 1.82) is 0 Å². The van der Waals surface area contributed by atoms with Crippen LogP contribution in [0.3, 0.4) is 0 Å². The molecule has 1 fully saturated rings. The Labute approximate surface area is 139 Å². The van der Waals surface area contributed by atoms with Gasteiger partial charge in [-0.05, 0) is 18.4 Å². The molecule has 0 aliphatic carbocycles. The highest BCUT2D eigenvalue weighted by molar-refractivity contribution is 7.13. The van der Waals surface area contributed by atoms with Gasteiger partial charge < -0.3 is 14.4 Å². The first-order valence-corrected chi connectivity index (χ1v) is 8.66. The number of carbonyl (C=O) groups excluding carboxylic acids is 1. The lowest BCUT2D eigenvalue weighted by Crippen LogP contribution is -2.49. The fraction of sp³-hybridized carbons (Fsp3) is 0.500. The average molecular weight is 335 g/mol. The van der Waals surface area contributed by atoms with Gasteiger partial charge in [-0.15, -0.1) is 11.3 Å². The van der Waals surface area contributed by atoms with Crippen LogP contribution in [0.5, 0.6) is 0 Å². The second kappa shape index (κ2) is 7.25. The molecular weight excluding hydrogens is 314 g/mol. The van der Waals surface area contributed by atoms with Crippen LogP contribution in [0.1, 0.15) is 11.5 Å². The minimum Gasteiger partial charge on any atom is -0.440 e. The Morgan fingerprint density at radius 1 is 1.39 bits per heavy atom. The number of β-amino-alcohol motifs (C(OH)–C–C–N with tert-alkyl or cyclic N) is 1. The van der Waals surface area contributed by atoms with Crippen molar-refractivity contribution in [2.75, 3.05) is 39.3 Å². The maximum atomic E-state index is 12.5. The summed E-state index contributed by atoms with van der Waals surface area (Å²) in [4.78, 5) is 22.0. The van der Waals surface area contributed by atoms with Crippen LogP contribution in [0.4, 0.5) is 0 Å². The van der Waals surface area contributed by atoms with Crippen molar-refractivity contribution < 1.29 is 14.3 Å². The topological polar surface area (TPSA) is 69.8 Å². The van der Waals surface area contributed by atoms with Gasteiger partial charge >= 0.3 is 0 Å². The second-order valence-corrected chi connectivity index (χ2v) is 6.57. The van der Waals surface area contributed by atoms with Gasteiger partial charge in [-0.3, -0.25) is 9.69 Å². The van der Waals surface area contributed by atoms with Gasteiger partial charge in [0.1, 0.15) is 5.76 Å². The number of aliphatic hydroxyl groups excluding tert-OH is 1. The van der Waals surface area contributed by atoms with Gasteiger partial charge in [-0.2, -0.15) is 0 Å². The number of aliphatic hydroxyl groups is 1. The van der Waals surface area contributed by atoms with Gasteiger partial charge in [0.05, 0.1) is 23.6 Å². The standard InChI is InChI=1S/C16H21N3O3S/c1-12-13(17-16(22-12)14-3-2-10-23-14)11-15(21)19-6-4-18(5-7-19)8-9-20/h2-3,10,20H,4-9,11H2,1H3. The molecule has 3 heterocycles. The van der Waals surface area contributed by atoms with Crippen LogP contribution in [-0.4, -0.2) is 65.1 Å². The molecule has 0 spiro atoms. The third-order valence-electron chi connectivity index (χ3n) is 4.08. The number of oxazole rings is 1. The third-order valence-corrected chi connectivity index (χ3v) is 4.94. The van der Waals surface area contributed by atoms with E-state index in [0.29, 0.717) is 31.3 Å². The normalized spacial score (nSPS) is 16.0. The molecule has 0 bridgehead atoms. The van der Waals surface area contributed by atoms with E-state index in [1.807, 2.05) is 29.3 Å². The Hall–Kier alpha value is -1.70. The Morgan fingerprint density at radius 3 is 2.83 bits per heavy atom. The molecule has 0 unspecified atom stereocenters. The molecule has 0 saturated carbocycles. The summed E-state index contributed by atoms with van der Waals surface area (Å²) in [6, 6.07) is 3.91. The largest absolute Gasteiger partial charge is 0.440 e. The molecule has 1 N–H and O–H groups in total. The zero-order valence-corrected chi connectivity index (χ0v) is 14.0. The first kappa shape index (κ1) is 16.2. The SMILES string of the molecule is Cc1oc(-c2cccs2)nc1CC(=O)N1CCN(CCO)CC1. The lowest BCUT2D eigenvalue weighted by molar-refractivity contribution is -0.132. The summed E-state index contributed by atoms with van der Waals surface area (Å²) in [5.41, 5.74) is 0.719. The van der Waals surface area contributed by atoms with Gasteiger partial charge in [0.15, 0.2) is 0 Å². The molecule has 1 amide bonds. The number of carbonyl (C=O) groups is 1. The van der Waals surface area contributed by atoms with Crippen LogP contribution in [0.25, 0.3) is 10.8 Å². The number of aromatic nitrogens is 1. The maximum Gasteiger partial charge on any atom is 0.236 e. The first-order valence-electron chi connectivity index (χ1n) is 7.78. The number of piperazine rings is 1. The highest BCUT2D eigenvalue weighted by Crippen LogP contribution is 2.26. The minimum absolute atomic E-state index is 0.0859. The van der Waals surface area contributed by atoms with E-state index in [1.54, 1.807) is 11.3 Å². The molecule has 6 nitrogen and oxygen atoms in total. The molecule has 23 heavy (non-hydrogen) atoms. The molecule has 1 aliphatic rings. The van der Waals surface area contributed by atoms with E-state index in [0.717, 1.165) is 23.7 Å². The molecule has 0 aromatic carbocycles. The Morgan fingerprint density at radius 2 is 2.17 bits per heavy atom. The van der Waals surface area contributed by atoms with E-state index in [9.17, 15) is 4.79 Å². The molecular formula is C16H21N3O3S. The predicted molar refractivity (Wildman–Crippen MR) is 88.4 cm³/mol. The smallest absolute Gasteiger partial charge is 0.236 e. The molecule has 1 saturated heterocycles. The van der Waals surface area contributed by atoms with Crippen LogP contribution in [-0.2, 0) is 11.2 Å². The van der Waals surface area contributed by atoms with Crippen molar-refractivity contribution in [3.8, 4) is 10.8 Å². The fourth-order valence-electron chi connectivity index (χ4n) is 2.72. The van der Waals surface area contributed by atoms with Gasteiger partial charge in [0.25, 0.3) is 0 Å². The highest BCUT2D eigenvalue weighted by atomic mass is 32.1. The van der Waals surface area contributed by atoms with Gasteiger partial charge in [-0.1, -0.05) is 6.07 Å². The maximum absolute atomic E-state index is 12.5. The van der Waals surface area contributed by atoms with E-state index in [-0.39, 0.29) is 18.9 Å². The second-order valence-electron chi connectivity index (χ2n) is 5.62. The number of nitrogens with zero attached hydrogens (tertiary/aromatic N) is 3. The van der Waals surface area contributed by atoms with Crippen molar-refractivity contribution in [3.63, 3.8) is 0 Å². The van der Waals surface area contributed by atoms with Crippen molar-refractivity contribution in [3.05, 3.63) is 29.0 Å². The summed E-state index contributed by atoms with van der Waals surface area (Å²) in [5.74, 6) is 1.39. The number of hydrogen-bond donors (Lipinski definition) is 1. The van der Waals surface area contributed by atoms with Crippen molar-refractivity contribution in [2.24, 2.45) is 0 Å². The zero-order chi connectivity index (χ0) is 16.2. The van der Waals surface area contributed by atoms with Crippen molar-refractivity contribution in [2.45, 2.75) is 13.3 Å². The predicted octanol–water partition coefficient (Wildman–Crippen LogP) is 1.39. The summed E-state index contributed by atoms with van der Waals surface area (Å²) in [7, 11) is 0. The Balaban J connectivity index is 1.60. The van der Waals surface area contributed by atoms with Gasteiger partial charge in [-0.25, -0.2) is 4.98 Å². The molecule has 2 aromatic rings. The van der Waals surface area contributed by atoms with Crippen LogP contribution in [0.2, 0.25) is 0 Å². The molecule has 3 rings (SSSR count). The number of amides is 1. The summed E-state index contributed by atoms with van der Waals surface area (Å²) < 4.78 is 5.69. The lowest BCUT2D eigenvalue weighted by Gasteiger charge is -2.34. The number of hydrogen-bond acceptors (Lipinski definition) is 6. The molecule has 0 atom stereocenters. The number of rotatable bonds is 5. The van der Waals surface area contributed by atoms with Gasteiger partial charge in [0, 0.05) is 32.7 Å². The fourth-order valence-corrected chi connectivity index (χ4v) is 3.36. The quantitative estimate of drug-likeness (QED) is 0.894. The summed E-state index contributed by atoms with van der Waals surface area (Å²) in [5, 5.41) is 10.9. The molecule has 7 heteroatoms. The molecule has 1 aliphatic heterocycles. The number of aryl methyl sites for hydroxylation is 1. The zero-order valence-electron chi connectivity index (χ0n) is 13.2. The third kappa shape index (κ3) is 3.80. The van der Waals surface area contributed by atoms with Crippen LogP contribution < -0.4 is 0 Å². The highest BCUT2D eigenvalue weighted by Gasteiger charge is 2.23. The minimum atomic E-state index is 0.0859. The van der Waals surface area contributed by atoms with Crippen LogP contribution in [0.15, 0.2) is 21.9 Å². The van der Waals surface area contributed by atoms with Crippen molar-refractivity contribution in [1.82, 2.24) is 14.8 Å². The Kier molecular flexibility index (Phi) is 5.09. The van der Waals surface area contributed by atoms with E-state index in [2.05, 4.69) is 9.88 Å². The molecule has 2 aromatic heterocycles. The van der Waals surface area contributed by atoms with Crippen molar-refractivity contribution >= 4 is 17.2 Å². The van der Waals surface area contributed by atoms with Crippen LogP contribution in [0, 0.1) is 6.92 Å². The molecule has 0 radical (unpaired) electrons. The monoisotopic (exact) mass is 335 g/mol. The summed E-state index contributed by atoms with van der Waals surface area (Å²) >= 11 is 1.57. The lowest BCUT2D eigenvalue weighted by atomic mass is 10.2. The van der Waals surface area contributed by atoms with E-state index < -0.39 is 0 Å². The van der Waals surface area contributed by atoms with Crippen LogP contribution >= 0.6 is 11.3 Å². The van der Waals surface area contributed by atoms with E-state index >= 15 is 0 Å². The van der Waals surface area contributed by atoms with E-state index in [4.69, 9.17) is 9.52 Å². The van der Waals surface area contributed by atoms with E-state index in [1.165, 1.54) is 0 Å². The first-order chi connectivity index (χ1) is 11.2. The molecule has 124 valence electrons. The number of thiophene rings is 1. The summed E-state index contributed by atoms with van der Waals surface area (Å²) in [6.45, 7) is 5.72. The van der Waals surface area contributed by atoms with Gasteiger partial charge in [0.2, 0.25) is 11.8 Å². The summed E-state index contributed by atoms with van der Waals surface area (Å²) in [6.07, 6.45) is 0.278. The Bertz CT molecular complexity index is 646. The average Bonchev–Trinajstić information content (AvgIpc) is 3.19.